The van der Waals surface area contributed by atoms with Crippen LogP contribution in [0.1, 0.15) is 47.6 Å². The lowest BCUT2D eigenvalue weighted by Gasteiger charge is -2.15. The van der Waals surface area contributed by atoms with Gasteiger partial charge in [0.1, 0.15) is 0 Å². The van der Waals surface area contributed by atoms with E-state index in [1.165, 1.54) is 16.2 Å². The smallest absolute Gasteiger partial charge is 0.304 e. The van der Waals surface area contributed by atoms with Crippen LogP contribution in [0, 0.1) is 5.92 Å². The number of nitrogens with zero attached hydrogens (tertiary/aromatic N) is 1. The number of carbonyl (C=O) groups is 2. The summed E-state index contributed by atoms with van der Waals surface area (Å²) in [5, 5.41) is 14.5. The third-order valence-corrected chi connectivity index (χ3v) is 6.30. The van der Waals surface area contributed by atoms with Crippen LogP contribution in [0.5, 0.6) is 0 Å². The predicted octanol–water partition coefficient (Wildman–Crippen LogP) is 3.92. The number of amides is 1. The molecule has 0 radical (unpaired) electrons. The molecule has 0 fully saturated rings. The molecule has 0 bridgehead atoms. The van der Waals surface area contributed by atoms with Crippen molar-refractivity contribution in [1.29, 1.82) is 0 Å². The highest BCUT2D eigenvalue weighted by molar-refractivity contribution is 7.15. The summed E-state index contributed by atoms with van der Waals surface area (Å²) in [6.45, 7) is 2.23. The molecular weight excluding hydrogens is 344 g/mol. The number of aliphatic carboxylic acids is 1. The van der Waals surface area contributed by atoms with Crippen LogP contribution in [0.4, 0.5) is 5.13 Å². The van der Waals surface area contributed by atoms with E-state index in [0.717, 1.165) is 29.8 Å². The highest BCUT2D eigenvalue weighted by atomic mass is 32.1. The molecule has 3 rings (SSSR count). The van der Waals surface area contributed by atoms with Crippen molar-refractivity contribution < 1.29 is 14.7 Å². The third kappa shape index (κ3) is 4.21. The number of hydrogen-bond donors (Lipinski definition) is 2. The van der Waals surface area contributed by atoms with Gasteiger partial charge in [0.05, 0.1) is 12.1 Å². The van der Waals surface area contributed by atoms with E-state index in [0.29, 0.717) is 11.0 Å². The Labute approximate surface area is 148 Å². The number of aryl methyl sites for hydroxylation is 1. The topological polar surface area (TPSA) is 79.3 Å². The minimum atomic E-state index is -0.889. The Morgan fingerprint density at radius 1 is 1.46 bits per heavy atom. The number of carbonyl (C=O) groups excluding carboxylic acids is 1. The van der Waals surface area contributed by atoms with Crippen molar-refractivity contribution >= 4 is 39.7 Å². The van der Waals surface area contributed by atoms with Gasteiger partial charge in [0.2, 0.25) is 5.91 Å². The predicted molar refractivity (Wildman–Crippen MR) is 95.9 cm³/mol. The van der Waals surface area contributed by atoms with Crippen molar-refractivity contribution in [3.8, 4) is 0 Å². The van der Waals surface area contributed by atoms with Gasteiger partial charge in [0, 0.05) is 22.1 Å². The molecule has 1 aliphatic carbocycles. The van der Waals surface area contributed by atoms with Crippen LogP contribution < -0.4 is 5.32 Å². The quantitative estimate of drug-likeness (QED) is 0.814. The highest BCUT2D eigenvalue weighted by Gasteiger charge is 2.23. The Bertz CT molecular complexity index is 724. The third-order valence-electron chi connectivity index (χ3n) is 4.23. The lowest BCUT2D eigenvalue weighted by molar-refractivity contribution is -0.137. The number of thiophene rings is 1. The van der Waals surface area contributed by atoms with Crippen LogP contribution >= 0.6 is 22.7 Å². The maximum Gasteiger partial charge on any atom is 0.304 e. The summed E-state index contributed by atoms with van der Waals surface area (Å²) in [7, 11) is 0. The fourth-order valence-electron chi connectivity index (χ4n) is 3.00. The molecule has 128 valence electrons. The van der Waals surface area contributed by atoms with Crippen molar-refractivity contribution in [3.05, 3.63) is 33.0 Å². The summed E-state index contributed by atoms with van der Waals surface area (Å²) in [6, 6.07) is 3.76. The Balaban J connectivity index is 1.65. The van der Waals surface area contributed by atoms with Crippen LogP contribution in [0.25, 0.3) is 0 Å². The minimum Gasteiger partial charge on any atom is -0.481 e. The standard InChI is InChI=1S/C17H20N2O3S2/c1-10-4-5-12-14(7-10)24-17(18-12)19-15(20)8-11(9-16(21)22)13-3-2-6-23-13/h2-3,6,10-11H,4-5,7-9H2,1H3,(H,21,22)(H,18,19,20)/t10-,11+/m0/s1. The number of nitrogens with one attached hydrogen (secondary N) is 1. The Hall–Kier alpha value is -1.73. The molecular formula is C17H20N2O3S2. The lowest BCUT2D eigenvalue weighted by atomic mass is 9.93. The number of aromatic nitrogens is 1. The molecule has 5 nitrogen and oxygen atoms in total. The molecule has 24 heavy (non-hydrogen) atoms. The van der Waals surface area contributed by atoms with E-state index in [-0.39, 0.29) is 24.7 Å². The van der Waals surface area contributed by atoms with Gasteiger partial charge in [-0.15, -0.1) is 22.7 Å². The zero-order valence-corrected chi connectivity index (χ0v) is 15.1. The Morgan fingerprint density at radius 3 is 3.00 bits per heavy atom. The first-order valence-corrected chi connectivity index (χ1v) is 9.74. The van der Waals surface area contributed by atoms with Crippen molar-refractivity contribution in [2.24, 2.45) is 5.92 Å². The number of thiazole rings is 1. The van der Waals surface area contributed by atoms with Gasteiger partial charge in [-0.1, -0.05) is 13.0 Å². The molecule has 0 unspecified atom stereocenters. The second-order valence-corrected chi connectivity index (χ2v) is 8.36. The molecule has 2 aromatic heterocycles. The van der Waals surface area contributed by atoms with Crippen molar-refractivity contribution in [2.45, 2.75) is 44.9 Å². The first-order valence-electron chi connectivity index (χ1n) is 8.05. The van der Waals surface area contributed by atoms with E-state index < -0.39 is 5.97 Å². The van der Waals surface area contributed by atoms with Crippen molar-refractivity contribution in [3.63, 3.8) is 0 Å². The van der Waals surface area contributed by atoms with Gasteiger partial charge in [-0.3, -0.25) is 9.59 Å². The zero-order valence-electron chi connectivity index (χ0n) is 13.4. The van der Waals surface area contributed by atoms with Gasteiger partial charge < -0.3 is 10.4 Å². The number of fused-ring (bicyclic) bond motifs is 1. The maximum absolute atomic E-state index is 12.3. The van der Waals surface area contributed by atoms with E-state index in [1.54, 1.807) is 11.3 Å². The second-order valence-electron chi connectivity index (χ2n) is 6.30. The van der Waals surface area contributed by atoms with E-state index >= 15 is 0 Å². The van der Waals surface area contributed by atoms with Gasteiger partial charge in [0.15, 0.2) is 5.13 Å². The molecule has 7 heteroatoms. The minimum absolute atomic E-state index is 0.0418. The van der Waals surface area contributed by atoms with Gasteiger partial charge >= 0.3 is 5.97 Å². The molecule has 1 amide bonds. The summed E-state index contributed by atoms with van der Waals surface area (Å²) < 4.78 is 0. The molecule has 2 N–H and O–H groups in total. The molecule has 1 aliphatic rings. The number of carboxylic acids is 1. The van der Waals surface area contributed by atoms with Gasteiger partial charge in [-0.05, 0) is 36.6 Å². The van der Waals surface area contributed by atoms with E-state index in [2.05, 4.69) is 17.2 Å². The van der Waals surface area contributed by atoms with Crippen molar-refractivity contribution in [2.75, 3.05) is 5.32 Å². The average molecular weight is 364 g/mol. The summed E-state index contributed by atoms with van der Waals surface area (Å²) in [6.07, 6.45) is 3.26. The van der Waals surface area contributed by atoms with Gasteiger partial charge in [0.25, 0.3) is 0 Å². The second kappa shape index (κ2) is 7.44. The monoisotopic (exact) mass is 364 g/mol. The molecule has 0 aliphatic heterocycles. The van der Waals surface area contributed by atoms with Crippen LogP contribution in [-0.2, 0) is 22.4 Å². The highest BCUT2D eigenvalue weighted by Crippen LogP contribution is 2.33. The normalized spacial score (nSPS) is 18.0. The first kappa shape index (κ1) is 17.1. The van der Waals surface area contributed by atoms with E-state index in [4.69, 9.17) is 5.11 Å². The van der Waals surface area contributed by atoms with Crippen LogP contribution in [0.15, 0.2) is 17.5 Å². The van der Waals surface area contributed by atoms with Crippen molar-refractivity contribution in [1.82, 2.24) is 4.98 Å². The summed E-state index contributed by atoms with van der Waals surface area (Å²) in [4.78, 5) is 30.1. The first-order chi connectivity index (χ1) is 11.5. The Kier molecular flexibility index (Phi) is 5.30. The lowest BCUT2D eigenvalue weighted by Crippen LogP contribution is -2.17. The Morgan fingerprint density at radius 2 is 2.29 bits per heavy atom. The SMILES string of the molecule is C[C@H]1CCc2nc(NC(=O)C[C@H](CC(=O)O)c3cccs3)sc2C1. The van der Waals surface area contributed by atoms with E-state index in [9.17, 15) is 9.59 Å². The summed E-state index contributed by atoms with van der Waals surface area (Å²) in [5.41, 5.74) is 1.11. The average Bonchev–Trinajstić information content (AvgIpc) is 3.14. The zero-order chi connectivity index (χ0) is 17.1. The number of rotatable bonds is 6. The van der Waals surface area contributed by atoms with Gasteiger partial charge in [-0.25, -0.2) is 4.98 Å². The number of anilines is 1. The summed E-state index contributed by atoms with van der Waals surface area (Å²) in [5.74, 6) is -0.689. The molecule has 2 aromatic rings. The number of hydrogen-bond acceptors (Lipinski definition) is 5. The van der Waals surface area contributed by atoms with Crippen LogP contribution in [0.3, 0.4) is 0 Å². The molecule has 0 aromatic carbocycles. The maximum atomic E-state index is 12.3. The largest absolute Gasteiger partial charge is 0.481 e. The van der Waals surface area contributed by atoms with Gasteiger partial charge in [-0.2, -0.15) is 0 Å². The molecule has 0 saturated carbocycles. The fraction of sp³-hybridized carbons (Fsp3) is 0.471. The van der Waals surface area contributed by atoms with Crippen LogP contribution in [-0.4, -0.2) is 22.0 Å². The van der Waals surface area contributed by atoms with Crippen LogP contribution in [0.2, 0.25) is 0 Å². The molecule has 0 spiro atoms. The molecule has 0 saturated heterocycles. The van der Waals surface area contributed by atoms with E-state index in [1.807, 2.05) is 17.5 Å². The summed E-state index contributed by atoms with van der Waals surface area (Å²) >= 11 is 3.04. The molecule has 2 heterocycles. The molecule has 2 atom stereocenters. The number of carboxylic acid groups (broad SMARTS) is 1. The fourth-order valence-corrected chi connectivity index (χ4v) is 5.01.